The minimum absolute atomic E-state index is 0.126. The minimum atomic E-state index is -0.290. The van der Waals surface area contributed by atoms with Crippen LogP contribution in [0.5, 0.6) is 0 Å². The molecule has 0 radical (unpaired) electrons. The number of rotatable bonds is 4. The summed E-state index contributed by atoms with van der Waals surface area (Å²) >= 11 is 0. The molecule has 0 bridgehead atoms. The van der Waals surface area contributed by atoms with Gasteiger partial charge in [-0.05, 0) is 44.2 Å². The highest BCUT2D eigenvalue weighted by Gasteiger charge is 2.26. The third-order valence-corrected chi connectivity index (χ3v) is 4.28. The van der Waals surface area contributed by atoms with Crippen molar-refractivity contribution in [1.29, 1.82) is 0 Å². The van der Waals surface area contributed by atoms with Crippen LogP contribution in [0.25, 0.3) is 0 Å². The summed E-state index contributed by atoms with van der Waals surface area (Å²) in [5, 5.41) is 0. The lowest BCUT2D eigenvalue weighted by Crippen LogP contribution is -2.44. The van der Waals surface area contributed by atoms with Crippen molar-refractivity contribution >= 4 is 11.8 Å². The molecule has 1 aliphatic rings. The van der Waals surface area contributed by atoms with E-state index in [-0.39, 0.29) is 17.7 Å². The van der Waals surface area contributed by atoms with Gasteiger partial charge in [0.1, 0.15) is 0 Å². The molecule has 1 atom stereocenters. The van der Waals surface area contributed by atoms with Gasteiger partial charge in [-0.25, -0.2) is 0 Å². The number of likely N-dealkylation sites (tertiary alicyclic amines) is 1. The van der Waals surface area contributed by atoms with Gasteiger partial charge in [0, 0.05) is 19.5 Å². The SMILES string of the molecule is Cc1ccc(CCC(=O)N2CCCC(C(N)=O)C2)c(C)c1. The Labute approximate surface area is 126 Å². The average Bonchev–Trinajstić information content (AvgIpc) is 2.46. The molecule has 0 saturated carbocycles. The van der Waals surface area contributed by atoms with E-state index in [4.69, 9.17) is 5.73 Å². The summed E-state index contributed by atoms with van der Waals surface area (Å²) in [5.41, 5.74) is 9.04. The van der Waals surface area contributed by atoms with Gasteiger partial charge in [-0.1, -0.05) is 23.8 Å². The Morgan fingerprint density at radius 3 is 2.76 bits per heavy atom. The van der Waals surface area contributed by atoms with Crippen LogP contribution < -0.4 is 5.73 Å². The van der Waals surface area contributed by atoms with Crippen LogP contribution in [0.2, 0.25) is 0 Å². The van der Waals surface area contributed by atoms with Crippen molar-refractivity contribution in [1.82, 2.24) is 4.90 Å². The molecule has 2 N–H and O–H groups in total. The first-order chi connectivity index (χ1) is 9.97. The summed E-state index contributed by atoms with van der Waals surface area (Å²) in [5.74, 6) is -0.341. The van der Waals surface area contributed by atoms with Crippen molar-refractivity contribution in [2.24, 2.45) is 11.7 Å². The molecule has 1 heterocycles. The lowest BCUT2D eigenvalue weighted by molar-refractivity contribution is -0.134. The molecule has 4 nitrogen and oxygen atoms in total. The van der Waals surface area contributed by atoms with Gasteiger partial charge in [0.25, 0.3) is 0 Å². The zero-order valence-electron chi connectivity index (χ0n) is 12.9. The van der Waals surface area contributed by atoms with E-state index in [9.17, 15) is 9.59 Å². The molecule has 21 heavy (non-hydrogen) atoms. The van der Waals surface area contributed by atoms with Crippen molar-refractivity contribution in [2.45, 2.75) is 39.5 Å². The van der Waals surface area contributed by atoms with Gasteiger partial charge in [-0.3, -0.25) is 9.59 Å². The topological polar surface area (TPSA) is 63.4 Å². The number of aryl methyl sites for hydroxylation is 3. The smallest absolute Gasteiger partial charge is 0.222 e. The number of nitrogens with two attached hydrogens (primary N) is 1. The average molecular weight is 288 g/mol. The van der Waals surface area contributed by atoms with Crippen LogP contribution in [0.3, 0.4) is 0 Å². The van der Waals surface area contributed by atoms with Crippen molar-refractivity contribution in [3.8, 4) is 0 Å². The highest BCUT2D eigenvalue weighted by Crippen LogP contribution is 2.18. The predicted molar refractivity (Wildman–Crippen MR) is 82.7 cm³/mol. The molecule has 1 saturated heterocycles. The lowest BCUT2D eigenvalue weighted by atomic mass is 9.96. The zero-order chi connectivity index (χ0) is 15.4. The number of hydrogen-bond acceptors (Lipinski definition) is 2. The molecule has 114 valence electrons. The Morgan fingerprint density at radius 2 is 2.10 bits per heavy atom. The van der Waals surface area contributed by atoms with Gasteiger partial charge in [0.05, 0.1) is 5.92 Å². The standard InChI is InChI=1S/C17H24N2O2/c1-12-5-6-14(13(2)10-12)7-8-16(20)19-9-3-4-15(11-19)17(18)21/h5-6,10,15H,3-4,7-9,11H2,1-2H3,(H2,18,21). The van der Waals surface area contributed by atoms with Crippen molar-refractivity contribution in [3.05, 3.63) is 34.9 Å². The molecule has 0 aromatic heterocycles. The predicted octanol–water partition coefficient (Wildman–Crippen LogP) is 1.96. The molecule has 0 aliphatic carbocycles. The molecule has 4 heteroatoms. The zero-order valence-corrected chi connectivity index (χ0v) is 12.9. The summed E-state index contributed by atoms with van der Waals surface area (Å²) in [7, 11) is 0. The van der Waals surface area contributed by atoms with Crippen LogP contribution in [-0.2, 0) is 16.0 Å². The maximum absolute atomic E-state index is 12.3. The molecule has 1 unspecified atom stereocenters. The quantitative estimate of drug-likeness (QED) is 0.920. The van der Waals surface area contributed by atoms with Crippen LogP contribution in [0, 0.1) is 19.8 Å². The Kier molecular flexibility index (Phi) is 4.99. The first kappa shape index (κ1) is 15.5. The first-order valence-electron chi connectivity index (χ1n) is 7.60. The van der Waals surface area contributed by atoms with E-state index in [2.05, 4.69) is 32.0 Å². The van der Waals surface area contributed by atoms with Gasteiger partial charge >= 0.3 is 0 Å². The molecule has 1 fully saturated rings. The summed E-state index contributed by atoms with van der Waals surface area (Å²) in [6.45, 7) is 5.38. The molecular weight excluding hydrogens is 264 g/mol. The molecule has 1 aromatic carbocycles. The number of nitrogens with zero attached hydrogens (tertiary/aromatic N) is 1. The largest absolute Gasteiger partial charge is 0.369 e. The third-order valence-electron chi connectivity index (χ3n) is 4.28. The van der Waals surface area contributed by atoms with E-state index in [0.29, 0.717) is 13.0 Å². The van der Waals surface area contributed by atoms with Gasteiger partial charge in [-0.15, -0.1) is 0 Å². The van der Waals surface area contributed by atoms with Gasteiger partial charge in [-0.2, -0.15) is 0 Å². The number of piperidine rings is 1. The fourth-order valence-corrected chi connectivity index (χ4v) is 2.96. The molecule has 0 spiro atoms. The second kappa shape index (κ2) is 6.74. The number of carbonyl (C=O) groups is 2. The van der Waals surface area contributed by atoms with Gasteiger partial charge in [0.15, 0.2) is 0 Å². The highest BCUT2D eigenvalue weighted by atomic mass is 16.2. The summed E-state index contributed by atoms with van der Waals surface area (Å²) < 4.78 is 0. The van der Waals surface area contributed by atoms with E-state index in [0.717, 1.165) is 25.8 Å². The second-order valence-corrected chi connectivity index (χ2v) is 6.01. The van der Waals surface area contributed by atoms with E-state index < -0.39 is 0 Å². The van der Waals surface area contributed by atoms with E-state index in [1.54, 1.807) is 4.90 Å². The van der Waals surface area contributed by atoms with Crippen LogP contribution in [0.15, 0.2) is 18.2 Å². The Hall–Kier alpha value is -1.84. The van der Waals surface area contributed by atoms with Crippen LogP contribution in [0.4, 0.5) is 0 Å². The molecule has 2 rings (SSSR count). The van der Waals surface area contributed by atoms with Crippen LogP contribution in [-0.4, -0.2) is 29.8 Å². The second-order valence-electron chi connectivity index (χ2n) is 6.01. The molecular formula is C17H24N2O2. The number of carbonyl (C=O) groups excluding carboxylic acids is 2. The van der Waals surface area contributed by atoms with Crippen molar-refractivity contribution < 1.29 is 9.59 Å². The third kappa shape index (κ3) is 4.06. The minimum Gasteiger partial charge on any atom is -0.369 e. The molecule has 1 aliphatic heterocycles. The van der Waals surface area contributed by atoms with Crippen molar-refractivity contribution in [2.75, 3.05) is 13.1 Å². The van der Waals surface area contributed by atoms with Crippen LogP contribution in [0.1, 0.15) is 36.0 Å². The van der Waals surface area contributed by atoms with Crippen molar-refractivity contribution in [3.63, 3.8) is 0 Å². The first-order valence-corrected chi connectivity index (χ1v) is 7.60. The number of amides is 2. The van der Waals surface area contributed by atoms with Crippen LogP contribution >= 0.6 is 0 Å². The van der Waals surface area contributed by atoms with Gasteiger partial charge in [0.2, 0.25) is 11.8 Å². The maximum atomic E-state index is 12.3. The normalized spacial score (nSPS) is 18.6. The Balaban J connectivity index is 1.90. The lowest BCUT2D eigenvalue weighted by Gasteiger charge is -2.31. The fourth-order valence-electron chi connectivity index (χ4n) is 2.96. The summed E-state index contributed by atoms with van der Waals surface area (Å²) in [6.07, 6.45) is 2.91. The molecule has 2 amide bonds. The number of hydrogen-bond donors (Lipinski definition) is 1. The maximum Gasteiger partial charge on any atom is 0.222 e. The Bertz CT molecular complexity index is 540. The summed E-state index contributed by atoms with van der Waals surface area (Å²) in [4.78, 5) is 25.3. The Morgan fingerprint density at radius 1 is 1.33 bits per heavy atom. The van der Waals surface area contributed by atoms with E-state index in [1.165, 1.54) is 16.7 Å². The summed E-state index contributed by atoms with van der Waals surface area (Å²) in [6, 6.07) is 6.32. The number of primary amides is 1. The monoisotopic (exact) mass is 288 g/mol. The van der Waals surface area contributed by atoms with E-state index >= 15 is 0 Å². The highest BCUT2D eigenvalue weighted by molar-refractivity contribution is 5.80. The number of benzene rings is 1. The van der Waals surface area contributed by atoms with E-state index in [1.807, 2.05) is 0 Å². The molecule has 1 aromatic rings. The fraction of sp³-hybridized carbons (Fsp3) is 0.529. The van der Waals surface area contributed by atoms with Gasteiger partial charge < -0.3 is 10.6 Å².